The molecular formula is C20H31IN6O. The van der Waals surface area contributed by atoms with E-state index in [0.29, 0.717) is 11.5 Å². The summed E-state index contributed by atoms with van der Waals surface area (Å²) in [7, 11) is 1.64. The summed E-state index contributed by atoms with van der Waals surface area (Å²) in [6.07, 6.45) is 4.58. The summed E-state index contributed by atoms with van der Waals surface area (Å²) in [5, 5.41) is 13.5. The normalized spacial score (nSPS) is 12.0. The molecule has 0 bridgehead atoms. The second kappa shape index (κ2) is 13.1. The van der Waals surface area contributed by atoms with E-state index in [1.54, 1.807) is 13.2 Å². The SMILES string of the molecule is CCNC(=NCC(C)Cn1cccn1)NCCc1cccc(C(=O)NC)c1.I. The van der Waals surface area contributed by atoms with Gasteiger partial charge in [-0.15, -0.1) is 24.0 Å². The quantitative estimate of drug-likeness (QED) is 0.282. The van der Waals surface area contributed by atoms with Gasteiger partial charge in [0.15, 0.2) is 5.96 Å². The molecule has 2 rings (SSSR count). The minimum absolute atomic E-state index is 0. The minimum atomic E-state index is -0.0640. The fraction of sp³-hybridized carbons (Fsp3) is 0.450. The van der Waals surface area contributed by atoms with Crippen molar-refractivity contribution in [2.24, 2.45) is 10.9 Å². The van der Waals surface area contributed by atoms with Crippen LogP contribution in [-0.4, -0.2) is 48.3 Å². The Kier molecular flexibility index (Phi) is 11.2. The van der Waals surface area contributed by atoms with Crippen molar-refractivity contribution in [1.82, 2.24) is 25.7 Å². The molecule has 0 aliphatic rings. The van der Waals surface area contributed by atoms with Crippen LogP contribution in [0.3, 0.4) is 0 Å². The highest BCUT2D eigenvalue weighted by atomic mass is 127. The molecule has 8 heteroatoms. The molecule has 1 heterocycles. The number of hydrogen-bond donors (Lipinski definition) is 3. The Morgan fingerprint density at radius 1 is 1.29 bits per heavy atom. The number of amides is 1. The smallest absolute Gasteiger partial charge is 0.251 e. The monoisotopic (exact) mass is 498 g/mol. The van der Waals surface area contributed by atoms with Crippen LogP contribution < -0.4 is 16.0 Å². The van der Waals surface area contributed by atoms with Gasteiger partial charge in [-0.2, -0.15) is 5.10 Å². The van der Waals surface area contributed by atoms with Gasteiger partial charge in [-0.3, -0.25) is 14.5 Å². The molecule has 1 aromatic carbocycles. The third-order valence-electron chi connectivity index (χ3n) is 4.09. The summed E-state index contributed by atoms with van der Waals surface area (Å²) < 4.78 is 1.93. The minimum Gasteiger partial charge on any atom is -0.357 e. The summed E-state index contributed by atoms with van der Waals surface area (Å²) >= 11 is 0. The van der Waals surface area contributed by atoms with E-state index in [2.05, 4.69) is 39.9 Å². The third-order valence-corrected chi connectivity index (χ3v) is 4.09. The Morgan fingerprint density at radius 2 is 2.11 bits per heavy atom. The van der Waals surface area contributed by atoms with Gasteiger partial charge in [0.1, 0.15) is 0 Å². The van der Waals surface area contributed by atoms with Crippen molar-refractivity contribution < 1.29 is 4.79 Å². The lowest BCUT2D eigenvalue weighted by atomic mass is 10.1. The first kappa shape index (κ1) is 23.9. The average molecular weight is 498 g/mol. The zero-order chi connectivity index (χ0) is 19.5. The summed E-state index contributed by atoms with van der Waals surface area (Å²) in [4.78, 5) is 16.4. The largest absolute Gasteiger partial charge is 0.357 e. The molecule has 0 saturated carbocycles. The number of nitrogens with zero attached hydrogens (tertiary/aromatic N) is 3. The Hall–Kier alpha value is -2.10. The fourth-order valence-electron chi connectivity index (χ4n) is 2.71. The molecule has 0 aliphatic carbocycles. The predicted molar refractivity (Wildman–Crippen MR) is 124 cm³/mol. The van der Waals surface area contributed by atoms with Crippen LogP contribution in [0.1, 0.15) is 29.8 Å². The Balaban J connectivity index is 0.00000392. The second-order valence-corrected chi connectivity index (χ2v) is 6.51. The van der Waals surface area contributed by atoms with Crippen molar-refractivity contribution in [2.75, 3.05) is 26.7 Å². The van der Waals surface area contributed by atoms with Gasteiger partial charge >= 0.3 is 0 Å². The molecule has 1 unspecified atom stereocenters. The third kappa shape index (κ3) is 8.28. The van der Waals surface area contributed by atoms with Crippen molar-refractivity contribution in [3.8, 4) is 0 Å². The lowest BCUT2D eigenvalue weighted by Gasteiger charge is -2.14. The zero-order valence-electron chi connectivity index (χ0n) is 16.8. The van der Waals surface area contributed by atoms with E-state index in [1.165, 1.54) is 0 Å². The van der Waals surface area contributed by atoms with Crippen molar-refractivity contribution >= 4 is 35.8 Å². The highest BCUT2D eigenvalue weighted by Gasteiger charge is 2.06. The highest BCUT2D eigenvalue weighted by molar-refractivity contribution is 14.0. The summed E-state index contributed by atoms with van der Waals surface area (Å²) in [5.41, 5.74) is 1.80. The predicted octanol–water partition coefficient (Wildman–Crippen LogP) is 2.29. The molecule has 1 amide bonds. The van der Waals surface area contributed by atoms with Gasteiger partial charge in [0.05, 0.1) is 0 Å². The molecule has 1 aromatic heterocycles. The highest BCUT2D eigenvalue weighted by Crippen LogP contribution is 2.06. The Labute approximate surface area is 184 Å². The molecular weight excluding hydrogens is 467 g/mol. The van der Waals surface area contributed by atoms with Gasteiger partial charge in [0, 0.05) is 51.2 Å². The molecule has 0 aliphatic heterocycles. The maximum Gasteiger partial charge on any atom is 0.251 e. The van der Waals surface area contributed by atoms with Gasteiger partial charge in [-0.05, 0) is 43.0 Å². The first-order valence-electron chi connectivity index (χ1n) is 9.43. The maximum atomic E-state index is 11.7. The lowest BCUT2D eigenvalue weighted by Crippen LogP contribution is -2.38. The van der Waals surface area contributed by atoms with Crippen LogP contribution in [0.4, 0.5) is 0 Å². The number of rotatable bonds is 9. The van der Waals surface area contributed by atoms with Crippen LogP contribution in [0.5, 0.6) is 0 Å². The van der Waals surface area contributed by atoms with Crippen LogP contribution in [0.15, 0.2) is 47.7 Å². The van der Waals surface area contributed by atoms with E-state index in [1.807, 2.05) is 41.2 Å². The van der Waals surface area contributed by atoms with Gasteiger partial charge in [-0.1, -0.05) is 19.1 Å². The topological polar surface area (TPSA) is 83.3 Å². The van der Waals surface area contributed by atoms with E-state index in [4.69, 9.17) is 0 Å². The Morgan fingerprint density at radius 3 is 2.79 bits per heavy atom. The number of halogens is 1. The molecule has 0 radical (unpaired) electrons. The molecule has 0 saturated heterocycles. The molecule has 3 N–H and O–H groups in total. The number of benzene rings is 1. The fourth-order valence-corrected chi connectivity index (χ4v) is 2.71. The molecule has 7 nitrogen and oxygen atoms in total. The summed E-state index contributed by atoms with van der Waals surface area (Å²) in [5.74, 6) is 1.14. The standard InChI is InChI=1S/C20H30N6O.HI/c1-4-22-20(24-14-16(2)15-26-12-6-10-25-26)23-11-9-17-7-5-8-18(13-17)19(27)21-3;/h5-8,10,12-13,16H,4,9,11,14-15H2,1-3H3,(H,21,27)(H2,22,23,24);1H. The molecule has 0 fully saturated rings. The maximum absolute atomic E-state index is 11.7. The van der Waals surface area contributed by atoms with Crippen LogP contribution in [-0.2, 0) is 13.0 Å². The summed E-state index contributed by atoms with van der Waals surface area (Å²) in [6.45, 7) is 7.35. The average Bonchev–Trinajstić information content (AvgIpc) is 3.18. The van der Waals surface area contributed by atoms with Crippen molar-refractivity contribution in [2.45, 2.75) is 26.8 Å². The van der Waals surface area contributed by atoms with Gasteiger partial charge < -0.3 is 16.0 Å². The lowest BCUT2D eigenvalue weighted by molar-refractivity contribution is 0.0963. The number of carbonyl (C=O) groups is 1. The number of aliphatic imine (C=N–C) groups is 1. The Bertz CT molecular complexity index is 732. The molecule has 154 valence electrons. The van der Waals surface area contributed by atoms with Crippen LogP contribution in [0.2, 0.25) is 0 Å². The first-order valence-corrected chi connectivity index (χ1v) is 9.43. The van der Waals surface area contributed by atoms with E-state index in [0.717, 1.165) is 44.1 Å². The first-order chi connectivity index (χ1) is 13.1. The summed E-state index contributed by atoms with van der Waals surface area (Å²) in [6, 6.07) is 9.63. The number of aromatic nitrogens is 2. The molecule has 1 atom stereocenters. The number of carbonyl (C=O) groups excluding carboxylic acids is 1. The number of guanidine groups is 1. The van der Waals surface area contributed by atoms with Crippen molar-refractivity contribution in [1.29, 1.82) is 0 Å². The van der Waals surface area contributed by atoms with E-state index in [-0.39, 0.29) is 29.9 Å². The van der Waals surface area contributed by atoms with Gasteiger partial charge in [-0.25, -0.2) is 0 Å². The van der Waals surface area contributed by atoms with E-state index >= 15 is 0 Å². The van der Waals surface area contributed by atoms with Crippen molar-refractivity contribution in [3.63, 3.8) is 0 Å². The zero-order valence-corrected chi connectivity index (χ0v) is 19.1. The molecule has 2 aromatic rings. The number of hydrogen-bond acceptors (Lipinski definition) is 3. The molecule has 0 spiro atoms. The van der Waals surface area contributed by atoms with E-state index in [9.17, 15) is 4.79 Å². The second-order valence-electron chi connectivity index (χ2n) is 6.51. The van der Waals surface area contributed by atoms with Gasteiger partial charge in [0.25, 0.3) is 5.91 Å². The van der Waals surface area contributed by atoms with Crippen molar-refractivity contribution in [3.05, 3.63) is 53.9 Å². The van der Waals surface area contributed by atoms with Gasteiger partial charge in [0.2, 0.25) is 0 Å². The molecule has 28 heavy (non-hydrogen) atoms. The van der Waals surface area contributed by atoms with E-state index < -0.39 is 0 Å². The van der Waals surface area contributed by atoms with Crippen LogP contribution >= 0.6 is 24.0 Å². The van der Waals surface area contributed by atoms with Crippen LogP contribution in [0.25, 0.3) is 0 Å². The van der Waals surface area contributed by atoms with Crippen LogP contribution in [0, 0.1) is 5.92 Å². The number of nitrogens with one attached hydrogen (secondary N) is 3.